The highest BCUT2D eigenvalue weighted by Crippen LogP contribution is 2.43. The van der Waals surface area contributed by atoms with E-state index in [2.05, 4.69) is 287 Å². The Hall–Kier alpha value is -8.66. The number of hydrogen-bond donors (Lipinski definition) is 0. The third kappa shape index (κ3) is 7.88. The van der Waals surface area contributed by atoms with Gasteiger partial charge in [0.05, 0.1) is 5.52 Å². The minimum atomic E-state index is 1.08. The zero-order valence-corrected chi connectivity index (χ0v) is 35.8. The number of nitrogens with zero attached hydrogens (tertiary/aromatic N) is 3. The first-order chi connectivity index (χ1) is 32.2. The molecule has 3 heteroatoms. The highest BCUT2D eigenvalue weighted by molar-refractivity contribution is 5.97. The normalized spacial score (nSPS) is 11.1. The fourth-order valence-electron chi connectivity index (χ4n) is 9.07. The van der Waals surface area contributed by atoms with E-state index in [9.17, 15) is 0 Å². The van der Waals surface area contributed by atoms with E-state index < -0.39 is 0 Å². The minimum Gasteiger partial charge on any atom is -0.317 e. The Labute approximate surface area is 381 Å². The molecule has 0 radical (unpaired) electrons. The Balaban J connectivity index is 0.956. The molecule has 0 aliphatic heterocycles. The van der Waals surface area contributed by atoms with Crippen LogP contribution in [0, 0.1) is 0 Å². The highest BCUT2D eigenvalue weighted by Gasteiger charge is 2.19. The van der Waals surface area contributed by atoms with Crippen LogP contribution in [0.5, 0.6) is 0 Å². The largest absolute Gasteiger partial charge is 0.317 e. The summed E-state index contributed by atoms with van der Waals surface area (Å²) in [5.74, 6) is 0. The van der Waals surface area contributed by atoms with E-state index in [0.29, 0.717) is 0 Å². The summed E-state index contributed by atoms with van der Waals surface area (Å²) < 4.78 is 2.26. The van der Waals surface area contributed by atoms with Crippen LogP contribution in [0.3, 0.4) is 0 Å². The molecule has 0 saturated carbocycles. The molecule has 65 heavy (non-hydrogen) atoms. The van der Waals surface area contributed by atoms with E-state index in [1.807, 2.05) is 0 Å². The molecule has 1 aromatic heterocycles. The van der Waals surface area contributed by atoms with Crippen molar-refractivity contribution < 1.29 is 0 Å². The number of aromatic nitrogens is 1. The number of para-hydroxylation sites is 3. The van der Waals surface area contributed by atoms with Gasteiger partial charge in [0.15, 0.2) is 0 Å². The second kappa shape index (κ2) is 17.6. The molecule has 1 heterocycles. The monoisotopic (exact) mass is 831 g/mol. The van der Waals surface area contributed by atoms with Gasteiger partial charge in [-0.15, -0.1) is 0 Å². The molecule has 0 spiro atoms. The van der Waals surface area contributed by atoms with E-state index in [0.717, 1.165) is 50.9 Å². The van der Waals surface area contributed by atoms with Crippen LogP contribution in [0.15, 0.2) is 273 Å². The minimum absolute atomic E-state index is 1.08. The lowest BCUT2D eigenvalue weighted by atomic mass is 9.93. The van der Waals surface area contributed by atoms with Crippen LogP contribution in [-0.2, 0) is 0 Å². The molecule has 0 amide bonds. The molecule has 0 saturated heterocycles. The summed E-state index contributed by atoms with van der Waals surface area (Å²) in [5, 5.41) is 1.23. The average Bonchev–Trinajstić information content (AvgIpc) is 3.84. The Bertz CT molecular complexity index is 3310. The first-order valence-electron chi connectivity index (χ1n) is 22.2. The number of rotatable bonds is 11. The smallest absolute Gasteiger partial charge is 0.0534 e. The Kier molecular flexibility index (Phi) is 10.6. The predicted molar refractivity (Wildman–Crippen MR) is 274 cm³/mol. The maximum Gasteiger partial charge on any atom is 0.0534 e. The van der Waals surface area contributed by atoms with Crippen LogP contribution in [0.1, 0.15) is 0 Å². The van der Waals surface area contributed by atoms with Gasteiger partial charge in [-0.05, 0) is 142 Å². The zero-order valence-electron chi connectivity index (χ0n) is 35.8. The van der Waals surface area contributed by atoms with Crippen LogP contribution >= 0.6 is 0 Å². The van der Waals surface area contributed by atoms with E-state index >= 15 is 0 Å². The third-order valence-corrected chi connectivity index (χ3v) is 12.2. The summed E-state index contributed by atoms with van der Waals surface area (Å²) in [6, 6.07) is 95.6. The molecule has 3 nitrogen and oxygen atoms in total. The van der Waals surface area contributed by atoms with Crippen LogP contribution < -0.4 is 9.80 Å². The maximum atomic E-state index is 2.36. The van der Waals surface area contributed by atoms with Gasteiger partial charge in [-0.2, -0.15) is 0 Å². The van der Waals surface area contributed by atoms with Gasteiger partial charge in [0, 0.05) is 51.4 Å². The Morgan fingerprint density at radius 3 is 1.20 bits per heavy atom. The van der Waals surface area contributed by atoms with Crippen molar-refractivity contribution in [1.82, 2.24) is 4.57 Å². The molecule has 0 N–H and O–H groups in total. The first-order valence-corrected chi connectivity index (χ1v) is 22.2. The number of benzene rings is 10. The molecule has 11 rings (SSSR count). The van der Waals surface area contributed by atoms with Gasteiger partial charge in [0.1, 0.15) is 0 Å². The first kappa shape index (κ1) is 39.2. The van der Waals surface area contributed by atoms with Crippen LogP contribution in [-0.4, -0.2) is 4.57 Å². The summed E-state index contributed by atoms with van der Waals surface area (Å²) in [6.07, 6.45) is 2.17. The van der Waals surface area contributed by atoms with Crippen molar-refractivity contribution in [3.8, 4) is 50.2 Å². The summed E-state index contributed by atoms with van der Waals surface area (Å²) in [6.45, 7) is 0. The van der Waals surface area contributed by atoms with Crippen LogP contribution in [0.25, 0.3) is 61.1 Å². The fraction of sp³-hybridized carbons (Fsp3) is 0. The van der Waals surface area contributed by atoms with Crippen molar-refractivity contribution in [3.63, 3.8) is 0 Å². The van der Waals surface area contributed by atoms with E-state index in [1.165, 1.54) is 44.3 Å². The molecule has 0 unspecified atom stereocenters. The van der Waals surface area contributed by atoms with Crippen molar-refractivity contribution in [2.45, 2.75) is 0 Å². The van der Waals surface area contributed by atoms with Gasteiger partial charge >= 0.3 is 0 Å². The molecule has 10 aromatic carbocycles. The molecule has 0 aliphatic rings. The van der Waals surface area contributed by atoms with Crippen LogP contribution in [0.4, 0.5) is 34.1 Å². The van der Waals surface area contributed by atoms with Crippen molar-refractivity contribution in [2.75, 3.05) is 9.80 Å². The molecule has 0 aliphatic carbocycles. The van der Waals surface area contributed by atoms with Gasteiger partial charge in [-0.25, -0.2) is 0 Å². The van der Waals surface area contributed by atoms with Crippen molar-refractivity contribution >= 4 is 45.0 Å². The van der Waals surface area contributed by atoms with E-state index in [1.54, 1.807) is 0 Å². The van der Waals surface area contributed by atoms with E-state index in [-0.39, 0.29) is 0 Å². The third-order valence-electron chi connectivity index (χ3n) is 12.2. The number of hydrogen-bond acceptors (Lipinski definition) is 2. The van der Waals surface area contributed by atoms with Crippen LogP contribution in [0.2, 0.25) is 0 Å². The summed E-state index contributed by atoms with van der Waals surface area (Å²) in [5.41, 5.74) is 18.4. The standard InChI is InChI=1S/C62H45N3/c1-6-17-46(18-7-1)47-29-35-54(36-30-47)64(52-23-12-4-13-24-52)55-37-33-50(34-38-55)59-42-41-57(45-61(59)48-19-8-2-9-20-48)65(53-25-14-5-15-26-53)56-39-31-49(32-40-56)58-27-16-28-62-60(58)43-44-63(62)51-21-10-3-11-22-51/h1-45H. The fourth-order valence-corrected chi connectivity index (χ4v) is 9.07. The van der Waals surface area contributed by atoms with Crippen molar-refractivity contribution in [1.29, 1.82) is 0 Å². The van der Waals surface area contributed by atoms with Gasteiger partial charge in [-0.1, -0.05) is 170 Å². The van der Waals surface area contributed by atoms with Gasteiger partial charge < -0.3 is 14.4 Å². The quantitative estimate of drug-likeness (QED) is 0.129. The second-order valence-electron chi connectivity index (χ2n) is 16.2. The zero-order chi connectivity index (χ0) is 43.4. The molecular formula is C62H45N3. The van der Waals surface area contributed by atoms with Crippen molar-refractivity contribution in [2.24, 2.45) is 0 Å². The maximum absolute atomic E-state index is 2.36. The topological polar surface area (TPSA) is 11.4 Å². The molecule has 308 valence electrons. The molecule has 0 bridgehead atoms. The Morgan fingerprint density at radius 1 is 0.246 bits per heavy atom. The predicted octanol–water partition coefficient (Wildman–Crippen LogP) is 17.2. The van der Waals surface area contributed by atoms with Crippen molar-refractivity contribution in [3.05, 3.63) is 273 Å². The molecule has 0 fully saturated rings. The summed E-state index contributed by atoms with van der Waals surface area (Å²) >= 11 is 0. The lowest BCUT2D eigenvalue weighted by Crippen LogP contribution is -2.10. The molecular weight excluding hydrogens is 787 g/mol. The molecule has 11 aromatic rings. The second-order valence-corrected chi connectivity index (χ2v) is 16.2. The lowest BCUT2D eigenvalue weighted by molar-refractivity contribution is 1.13. The van der Waals surface area contributed by atoms with E-state index in [4.69, 9.17) is 0 Å². The Morgan fingerprint density at radius 2 is 0.646 bits per heavy atom. The van der Waals surface area contributed by atoms with Gasteiger partial charge in [0.25, 0.3) is 0 Å². The lowest BCUT2D eigenvalue weighted by Gasteiger charge is -2.27. The summed E-state index contributed by atoms with van der Waals surface area (Å²) in [4.78, 5) is 4.68. The van der Waals surface area contributed by atoms with Gasteiger partial charge in [-0.3, -0.25) is 0 Å². The SMILES string of the molecule is c1ccc(-c2ccc(N(c3ccccc3)c3ccc(-c4ccc(N(c5ccccc5)c5ccc(-c6cccc7c6ccn7-c6ccccc6)cc5)cc4-c4ccccc4)cc3)cc2)cc1. The van der Waals surface area contributed by atoms with Gasteiger partial charge in [0.2, 0.25) is 0 Å². The number of fused-ring (bicyclic) bond motifs is 1. The number of anilines is 6. The highest BCUT2D eigenvalue weighted by atomic mass is 15.1. The molecule has 0 atom stereocenters. The average molecular weight is 832 g/mol. The summed E-state index contributed by atoms with van der Waals surface area (Å²) in [7, 11) is 0.